The minimum atomic E-state index is -0.528. The molecule has 124 valence electrons. The molecule has 0 aliphatic rings. The summed E-state index contributed by atoms with van der Waals surface area (Å²) in [5.74, 6) is -0.521. The van der Waals surface area contributed by atoms with Crippen molar-refractivity contribution in [2.45, 2.75) is 0 Å². The van der Waals surface area contributed by atoms with Crippen LogP contribution in [0.1, 0.15) is 20.8 Å². The molecule has 24 heavy (non-hydrogen) atoms. The molecule has 1 aromatic heterocycles. The Morgan fingerprint density at radius 1 is 1.33 bits per heavy atom. The molecule has 0 saturated heterocycles. The Bertz CT molecular complexity index is 780. The van der Waals surface area contributed by atoms with Crippen molar-refractivity contribution >= 4 is 35.0 Å². The zero-order chi connectivity index (χ0) is 17.5. The number of nitrogens with zero attached hydrogens (tertiary/aromatic N) is 2. The van der Waals surface area contributed by atoms with Crippen LogP contribution in [0.3, 0.4) is 0 Å². The molecule has 1 aromatic carbocycles. The Morgan fingerprint density at radius 3 is 2.83 bits per heavy atom. The molecule has 0 radical (unpaired) electrons. The summed E-state index contributed by atoms with van der Waals surface area (Å²) >= 11 is 6.05. The van der Waals surface area contributed by atoms with E-state index in [4.69, 9.17) is 11.6 Å². The molecule has 0 atom stereocenters. The number of nitrogens with one attached hydrogen (secondary N) is 2. The van der Waals surface area contributed by atoms with Crippen LogP contribution in [0.15, 0.2) is 43.2 Å². The highest BCUT2D eigenvalue weighted by Gasteiger charge is 2.14. The number of ether oxygens (including phenoxy) is 1. The number of benzene rings is 1. The zero-order valence-corrected chi connectivity index (χ0v) is 13.6. The summed E-state index contributed by atoms with van der Waals surface area (Å²) in [5, 5.41) is 5.86. The average Bonchev–Trinajstić information content (AvgIpc) is 2.61. The number of aromatic nitrogens is 2. The van der Waals surface area contributed by atoms with Gasteiger partial charge in [0.25, 0.3) is 5.91 Å². The van der Waals surface area contributed by atoms with Crippen LogP contribution in [-0.2, 0) is 4.74 Å². The van der Waals surface area contributed by atoms with E-state index in [0.717, 1.165) is 0 Å². The SMILES string of the molecule is C=CCNc1cc(C(=O)Nc2cc(C(=O)OC)ccc2Cl)ncn1. The average molecular weight is 347 g/mol. The van der Waals surface area contributed by atoms with Crippen LogP contribution in [0.2, 0.25) is 5.02 Å². The summed E-state index contributed by atoms with van der Waals surface area (Å²) < 4.78 is 4.64. The molecule has 2 N–H and O–H groups in total. The van der Waals surface area contributed by atoms with Gasteiger partial charge in [0.2, 0.25) is 0 Å². The van der Waals surface area contributed by atoms with Crippen LogP contribution in [0, 0.1) is 0 Å². The maximum absolute atomic E-state index is 12.3. The lowest BCUT2D eigenvalue weighted by molar-refractivity contribution is 0.0600. The lowest BCUT2D eigenvalue weighted by Crippen LogP contribution is -2.15. The van der Waals surface area contributed by atoms with Crippen LogP contribution in [0.25, 0.3) is 0 Å². The van der Waals surface area contributed by atoms with E-state index in [-0.39, 0.29) is 22.0 Å². The maximum atomic E-state index is 12.3. The van der Waals surface area contributed by atoms with Crippen LogP contribution in [0.4, 0.5) is 11.5 Å². The van der Waals surface area contributed by atoms with E-state index in [1.165, 1.54) is 37.7 Å². The number of esters is 1. The molecule has 0 bridgehead atoms. The highest BCUT2D eigenvalue weighted by atomic mass is 35.5. The molecule has 0 unspecified atom stereocenters. The van der Waals surface area contributed by atoms with Crippen molar-refractivity contribution in [3.63, 3.8) is 0 Å². The summed E-state index contributed by atoms with van der Waals surface area (Å²) in [7, 11) is 1.27. The number of hydrogen-bond acceptors (Lipinski definition) is 6. The summed E-state index contributed by atoms with van der Waals surface area (Å²) in [4.78, 5) is 31.8. The number of amides is 1. The van der Waals surface area contributed by atoms with Crippen molar-refractivity contribution in [1.82, 2.24) is 9.97 Å². The Hall–Kier alpha value is -2.93. The maximum Gasteiger partial charge on any atom is 0.337 e. The summed E-state index contributed by atoms with van der Waals surface area (Å²) in [6.45, 7) is 4.10. The molecule has 2 aromatic rings. The van der Waals surface area contributed by atoms with E-state index >= 15 is 0 Å². The van der Waals surface area contributed by atoms with Crippen LogP contribution >= 0.6 is 11.6 Å². The Kier molecular flexibility index (Phi) is 5.86. The number of carbonyl (C=O) groups is 2. The normalized spacial score (nSPS) is 9.92. The standard InChI is InChI=1S/C16H15ClN4O3/c1-3-6-18-14-8-13(19-9-20-14)15(22)21-12-7-10(16(23)24-2)4-5-11(12)17/h3-5,7-9H,1,6H2,2H3,(H,21,22)(H,18,19,20). The first-order valence-corrected chi connectivity index (χ1v) is 7.29. The van der Waals surface area contributed by atoms with Gasteiger partial charge in [0.15, 0.2) is 0 Å². The third-order valence-electron chi connectivity index (χ3n) is 2.96. The largest absolute Gasteiger partial charge is 0.465 e. The fraction of sp³-hybridized carbons (Fsp3) is 0.125. The number of halogens is 1. The highest BCUT2D eigenvalue weighted by molar-refractivity contribution is 6.34. The lowest BCUT2D eigenvalue weighted by Gasteiger charge is -2.09. The summed E-state index contributed by atoms with van der Waals surface area (Å²) in [5.41, 5.74) is 0.702. The van der Waals surface area contributed by atoms with Gasteiger partial charge in [0, 0.05) is 12.6 Å². The van der Waals surface area contributed by atoms with Gasteiger partial charge in [-0.25, -0.2) is 14.8 Å². The highest BCUT2D eigenvalue weighted by Crippen LogP contribution is 2.24. The Morgan fingerprint density at radius 2 is 2.12 bits per heavy atom. The predicted octanol–water partition coefficient (Wildman–Crippen LogP) is 2.77. The van der Waals surface area contributed by atoms with Gasteiger partial charge >= 0.3 is 5.97 Å². The van der Waals surface area contributed by atoms with Gasteiger partial charge in [-0.3, -0.25) is 4.79 Å². The fourth-order valence-corrected chi connectivity index (χ4v) is 1.97. The smallest absolute Gasteiger partial charge is 0.337 e. The summed E-state index contributed by atoms with van der Waals surface area (Å²) in [6, 6.07) is 5.94. The monoisotopic (exact) mass is 346 g/mol. The lowest BCUT2D eigenvalue weighted by atomic mass is 10.2. The van der Waals surface area contributed by atoms with Crippen molar-refractivity contribution in [2.24, 2.45) is 0 Å². The first-order chi connectivity index (χ1) is 11.5. The van der Waals surface area contributed by atoms with Gasteiger partial charge in [-0.2, -0.15) is 0 Å². The van der Waals surface area contributed by atoms with E-state index < -0.39 is 11.9 Å². The molecule has 0 spiro atoms. The molecule has 1 heterocycles. The van der Waals surface area contributed by atoms with Crippen LogP contribution in [-0.4, -0.2) is 35.5 Å². The molecule has 1 amide bonds. The second-order valence-corrected chi connectivity index (χ2v) is 5.01. The molecule has 0 aliphatic heterocycles. The molecule has 2 rings (SSSR count). The van der Waals surface area contributed by atoms with Gasteiger partial charge in [-0.05, 0) is 18.2 Å². The van der Waals surface area contributed by atoms with Crippen molar-refractivity contribution in [2.75, 3.05) is 24.3 Å². The Labute approximate surface area is 143 Å². The van der Waals surface area contributed by atoms with E-state index in [0.29, 0.717) is 12.4 Å². The minimum absolute atomic E-state index is 0.149. The van der Waals surface area contributed by atoms with Gasteiger partial charge < -0.3 is 15.4 Å². The number of methoxy groups -OCH3 is 1. The van der Waals surface area contributed by atoms with Crippen LogP contribution < -0.4 is 10.6 Å². The Balaban J connectivity index is 2.20. The molecule has 0 fully saturated rings. The number of carbonyl (C=O) groups excluding carboxylic acids is 2. The van der Waals surface area contributed by atoms with Gasteiger partial charge in [0.05, 0.1) is 23.4 Å². The van der Waals surface area contributed by atoms with E-state index in [9.17, 15) is 9.59 Å². The van der Waals surface area contributed by atoms with E-state index in [1.807, 2.05) is 0 Å². The van der Waals surface area contributed by atoms with Gasteiger partial charge in [-0.15, -0.1) is 6.58 Å². The number of rotatable bonds is 6. The van der Waals surface area contributed by atoms with Crippen molar-refractivity contribution < 1.29 is 14.3 Å². The van der Waals surface area contributed by atoms with Crippen LogP contribution in [0.5, 0.6) is 0 Å². The quantitative estimate of drug-likeness (QED) is 0.617. The predicted molar refractivity (Wildman–Crippen MR) is 91.5 cm³/mol. The zero-order valence-electron chi connectivity index (χ0n) is 12.9. The van der Waals surface area contributed by atoms with Gasteiger partial charge in [0.1, 0.15) is 17.8 Å². The molecular weight excluding hydrogens is 332 g/mol. The first kappa shape index (κ1) is 17.4. The molecule has 0 aliphatic carbocycles. The molecule has 8 heteroatoms. The number of anilines is 2. The van der Waals surface area contributed by atoms with Gasteiger partial charge in [-0.1, -0.05) is 17.7 Å². The molecule has 7 nitrogen and oxygen atoms in total. The van der Waals surface area contributed by atoms with Crippen molar-refractivity contribution in [3.8, 4) is 0 Å². The minimum Gasteiger partial charge on any atom is -0.465 e. The third kappa shape index (κ3) is 4.30. The van der Waals surface area contributed by atoms with E-state index in [1.54, 1.807) is 6.08 Å². The number of hydrogen-bond donors (Lipinski definition) is 2. The first-order valence-electron chi connectivity index (χ1n) is 6.91. The third-order valence-corrected chi connectivity index (χ3v) is 3.29. The van der Waals surface area contributed by atoms with Crippen molar-refractivity contribution in [1.29, 1.82) is 0 Å². The van der Waals surface area contributed by atoms with E-state index in [2.05, 4.69) is 31.9 Å². The molecular formula is C16H15ClN4O3. The fourth-order valence-electron chi connectivity index (χ4n) is 1.81. The van der Waals surface area contributed by atoms with Crippen molar-refractivity contribution in [3.05, 3.63) is 59.5 Å². The second kappa shape index (κ2) is 8.07. The topological polar surface area (TPSA) is 93.2 Å². The summed E-state index contributed by atoms with van der Waals surface area (Å²) in [6.07, 6.45) is 2.94. The molecule has 0 saturated carbocycles. The second-order valence-electron chi connectivity index (χ2n) is 4.60.